The maximum atomic E-state index is 14.6. The van der Waals surface area contributed by atoms with Crippen LogP contribution < -0.4 is 24.8 Å². The van der Waals surface area contributed by atoms with Crippen LogP contribution in [0.2, 0.25) is 0 Å². The van der Waals surface area contributed by atoms with Crippen molar-refractivity contribution in [3.05, 3.63) is 67.1 Å². The summed E-state index contributed by atoms with van der Waals surface area (Å²) in [5, 5.41) is 15.2. The van der Waals surface area contributed by atoms with Crippen LogP contribution in [0, 0.1) is 17.8 Å². The summed E-state index contributed by atoms with van der Waals surface area (Å²) < 4.78 is 40.1. The lowest BCUT2D eigenvalue weighted by atomic mass is 9.88. The van der Waals surface area contributed by atoms with Crippen molar-refractivity contribution < 1.29 is 42.2 Å². The van der Waals surface area contributed by atoms with E-state index in [9.17, 15) is 32.7 Å². The number of ether oxygens (including phenoxy) is 2. The van der Waals surface area contributed by atoms with E-state index in [0.29, 0.717) is 54.3 Å². The molecule has 7 atom stereocenters. The van der Waals surface area contributed by atoms with Gasteiger partial charge in [0.1, 0.15) is 40.9 Å². The minimum absolute atomic E-state index is 0.0113. The molecule has 0 radical (unpaired) electrons. The van der Waals surface area contributed by atoms with Crippen molar-refractivity contribution in [2.75, 3.05) is 6.54 Å². The van der Waals surface area contributed by atoms with Gasteiger partial charge in [-0.1, -0.05) is 26.0 Å². The molecule has 3 aromatic rings. The third-order valence-corrected chi connectivity index (χ3v) is 14.1. The topological polar surface area (TPSA) is 219 Å². The number of fused-ring (bicyclic) bond motifs is 2. The van der Waals surface area contributed by atoms with Gasteiger partial charge in [-0.05, 0) is 95.4 Å². The number of benzene rings is 1. The van der Waals surface area contributed by atoms with Gasteiger partial charge in [0.05, 0.1) is 35.0 Å². The SMILES string of the molecule is CC1CCC=C[C@@H]2C[C@@]2(C(=O)NS(=O)(=O)C2(C)CC2)NC(=O)[C@@H]2C[C@@H](Oc3cc(-c4ccc(OC(C)C)cc4)nc(-c4cnccn4)c3)CN2C(=O)[C@@H](NC(=O)O)[C@H](C)C1. The first-order valence-corrected chi connectivity index (χ1v) is 22.0. The van der Waals surface area contributed by atoms with Crippen LogP contribution in [-0.4, -0.2) is 98.3 Å². The minimum atomic E-state index is -4.03. The lowest BCUT2D eigenvalue weighted by Gasteiger charge is -2.32. The van der Waals surface area contributed by atoms with Gasteiger partial charge in [-0.2, -0.15) is 0 Å². The number of amides is 4. The number of rotatable bonds is 10. The number of hydrogen-bond acceptors (Lipinski definition) is 11. The maximum Gasteiger partial charge on any atom is 0.405 e. The lowest BCUT2D eigenvalue weighted by molar-refractivity contribution is -0.142. The Hall–Kier alpha value is -5.58. The molecule has 4 amide bonds. The zero-order chi connectivity index (χ0) is 43.0. The van der Waals surface area contributed by atoms with Gasteiger partial charge in [0.2, 0.25) is 21.8 Å². The molecule has 17 heteroatoms. The fourth-order valence-corrected chi connectivity index (χ4v) is 9.49. The Labute approximate surface area is 350 Å². The summed E-state index contributed by atoms with van der Waals surface area (Å²) in [5.41, 5.74) is 0.686. The number of carbonyl (C=O) groups excluding carboxylic acids is 3. The van der Waals surface area contributed by atoms with E-state index in [1.54, 1.807) is 37.6 Å². The van der Waals surface area contributed by atoms with Crippen molar-refractivity contribution >= 4 is 33.8 Å². The highest BCUT2D eigenvalue weighted by Crippen LogP contribution is 2.47. The van der Waals surface area contributed by atoms with Gasteiger partial charge in [0.25, 0.3) is 5.91 Å². The van der Waals surface area contributed by atoms with Crippen LogP contribution >= 0.6 is 0 Å². The highest BCUT2D eigenvalue weighted by atomic mass is 32.2. The van der Waals surface area contributed by atoms with E-state index in [0.717, 1.165) is 12.0 Å². The van der Waals surface area contributed by atoms with E-state index < -0.39 is 74.1 Å². The predicted octanol–water partition coefficient (Wildman–Crippen LogP) is 4.86. The summed E-state index contributed by atoms with van der Waals surface area (Å²) in [5.74, 6) is -1.87. The smallest absolute Gasteiger partial charge is 0.405 e. The second-order valence-electron chi connectivity index (χ2n) is 17.2. The molecule has 2 aromatic heterocycles. The van der Waals surface area contributed by atoms with E-state index >= 15 is 0 Å². The van der Waals surface area contributed by atoms with Crippen LogP contribution in [0.3, 0.4) is 0 Å². The van der Waals surface area contributed by atoms with Crippen molar-refractivity contribution in [2.45, 2.75) is 114 Å². The van der Waals surface area contributed by atoms with E-state index in [-0.39, 0.29) is 31.4 Å². The van der Waals surface area contributed by atoms with Crippen LogP contribution in [0.1, 0.15) is 79.6 Å². The molecule has 4 N–H and O–H groups in total. The van der Waals surface area contributed by atoms with Gasteiger partial charge in [-0.3, -0.25) is 29.1 Å². The molecule has 2 aliphatic heterocycles. The largest absolute Gasteiger partial charge is 0.491 e. The van der Waals surface area contributed by atoms with Gasteiger partial charge in [-0.15, -0.1) is 0 Å². The zero-order valence-corrected chi connectivity index (χ0v) is 35.3. The maximum absolute atomic E-state index is 14.6. The standard InChI is InChI=1S/C43H53N7O9S/c1-25(2)58-30-12-10-28(11-13-30)33-19-31(20-34(46-33)35-23-44-16-17-45-35)59-32-21-36-38(51)48-43(40(53)49-60(56,57)42(5)14-15-42)22-29(43)9-7-6-8-26(3)18-27(4)37(47-41(54)55)39(52)50(36)24-32/h7,9-13,16-17,19-20,23,25-27,29,32,36-37,47H,6,8,14-15,18,21-22,24H2,1-5H3,(H,48,51)(H,49,53)(H,54,55)/t26?,27-,29-,32-,36+,37+,43-/m1/s1. The molecule has 4 heterocycles. The molecule has 7 rings (SSSR count). The van der Waals surface area contributed by atoms with E-state index in [2.05, 4.69) is 25.3 Å². The average molecular weight is 844 g/mol. The van der Waals surface area contributed by atoms with Crippen molar-refractivity contribution in [1.82, 2.24) is 35.2 Å². The van der Waals surface area contributed by atoms with E-state index in [1.807, 2.05) is 64.1 Å². The summed E-state index contributed by atoms with van der Waals surface area (Å²) in [6.45, 7) is 9.21. The van der Waals surface area contributed by atoms with Gasteiger partial charge in [-0.25, -0.2) is 18.2 Å². The Morgan fingerprint density at radius 2 is 1.75 bits per heavy atom. The highest BCUT2D eigenvalue weighted by molar-refractivity contribution is 7.91. The van der Waals surface area contributed by atoms with Crippen LogP contribution in [0.5, 0.6) is 11.5 Å². The summed E-state index contributed by atoms with van der Waals surface area (Å²) in [6.07, 6.45) is 9.15. The normalized spacial score (nSPS) is 27.7. The number of nitrogens with zero attached hydrogens (tertiary/aromatic N) is 4. The van der Waals surface area contributed by atoms with Gasteiger partial charge in [0, 0.05) is 42.4 Å². The van der Waals surface area contributed by atoms with Gasteiger partial charge >= 0.3 is 6.09 Å². The first kappa shape index (κ1) is 42.5. The van der Waals surface area contributed by atoms with Crippen LogP contribution in [-0.2, 0) is 24.4 Å². The molecule has 1 aromatic carbocycles. The number of sulfonamides is 1. The van der Waals surface area contributed by atoms with Crippen LogP contribution in [0.4, 0.5) is 4.79 Å². The summed E-state index contributed by atoms with van der Waals surface area (Å²) in [6, 6.07) is 8.50. The Balaban J connectivity index is 1.23. The first-order chi connectivity index (χ1) is 28.5. The number of pyridine rings is 1. The molecule has 0 spiro atoms. The minimum Gasteiger partial charge on any atom is -0.491 e. The molecule has 1 saturated heterocycles. The van der Waals surface area contributed by atoms with Crippen LogP contribution in [0.25, 0.3) is 22.6 Å². The number of nitrogens with one attached hydrogen (secondary N) is 3. The van der Waals surface area contributed by atoms with Crippen molar-refractivity contribution in [3.63, 3.8) is 0 Å². The molecule has 2 aliphatic carbocycles. The molecular weight excluding hydrogens is 791 g/mol. The fraction of sp³-hybridized carbons (Fsp3) is 0.512. The Kier molecular flexibility index (Phi) is 11.9. The van der Waals surface area contributed by atoms with Crippen molar-refractivity contribution in [3.8, 4) is 34.1 Å². The molecule has 60 heavy (non-hydrogen) atoms. The monoisotopic (exact) mass is 843 g/mol. The quantitative estimate of drug-likeness (QED) is 0.201. The molecule has 1 unspecified atom stereocenters. The Morgan fingerprint density at radius 1 is 1.02 bits per heavy atom. The Morgan fingerprint density at radius 3 is 2.42 bits per heavy atom. The zero-order valence-electron chi connectivity index (χ0n) is 34.5. The summed E-state index contributed by atoms with van der Waals surface area (Å²) >= 11 is 0. The molecule has 320 valence electrons. The summed E-state index contributed by atoms with van der Waals surface area (Å²) in [4.78, 5) is 70.0. The lowest BCUT2D eigenvalue weighted by Crippen LogP contribution is -2.59. The molecule has 0 bridgehead atoms. The predicted molar refractivity (Wildman–Crippen MR) is 221 cm³/mol. The van der Waals surface area contributed by atoms with E-state index in [4.69, 9.17) is 14.5 Å². The second kappa shape index (κ2) is 16.8. The number of carboxylic acid groups (broad SMARTS) is 1. The third kappa shape index (κ3) is 9.25. The van der Waals surface area contributed by atoms with Gasteiger partial charge < -0.3 is 30.1 Å². The molecule has 2 saturated carbocycles. The molecular formula is C43H53N7O9S. The number of carbonyl (C=O) groups is 4. The Bertz CT molecular complexity index is 2250. The molecule has 16 nitrogen and oxygen atoms in total. The first-order valence-electron chi connectivity index (χ1n) is 20.5. The number of hydrogen-bond donors (Lipinski definition) is 4. The summed E-state index contributed by atoms with van der Waals surface area (Å²) in [7, 11) is -4.03. The van der Waals surface area contributed by atoms with Crippen molar-refractivity contribution in [2.24, 2.45) is 17.8 Å². The number of aromatic nitrogens is 3. The van der Waals surface area contributed by atoms with E-state index in [1.165, 1.54) is 4.90 Å². The van der Waals surface area contributed by atoms with Gasteiger partial charge in [0.15, 0.2) is 0 Å². The highest BCUT2D eigenvalue weighted by Gasteiger charge is 2.63. The number of allylic oxidation sites excluding steroid dienone is 1. The van der Waals surface area contributed by atoms with Crippen LogP contribution in [0.15, 0.2) is 67.1 Å². The second-order valence-corrected chi connectivity index (χ2v) is 19.4. The fourth-order valence-electron chi connectivity index (χ4n) is 8.18. The average Bonchev–Trinajstić information content (AvgIpc) is 4.08. The van der Waals surface area contributed by atoms with Crippen molar-refractivity contribution in [1.29, 1.82) is 0 Å². The molecule has 3 fully saturated rings. The third-order valence-electron chi connectivity index (χ3n) is 12.0. The molecule has 4 aliphatic rings.